The molecule has 222 valence electrons. The van der Waals surface area contributed by atoms with Crippen LogP contribution < -0.4 is 15.4 Å². The Morgan fingerprint density at radius 3 is 2.00 bits per heavy atom. The number of nitrogens with one attached hydrogen (secondary N) is 3. The molecule has 4 rings (SSSR count). The van der Waals surface area contributed by atoms with Crippen molar-refractivity contribution in [3.05, 3.63) is 102 Å². The van der Waals surface area contributed by atoms with Crippen molar-refractivity contribution in [3.63, 3.8) is 0 Å². The maximum Gasteiger partial charge on any atom is 0.490 e. The summed E-state index contributed by atoms with van der Waals surface area (Å²) in [6, 6.07) is 27.6. The molecule has 0 radical (unpaired) electrons. The van der Waals surface area contributed by atoms with Crippen LogP contribution in [0.3, 0.4) is 0 Å². The second-order valence-corrected chi connectivity index (χ2v) is 11.1. The number of hydrogen-bond donors (Lipinski definition) is 4. The zero-order valence-corrected chi connectivity index (χ0v) is 23.0. The molecule has 1 fully saturated rings. The van der Waals surface area contributed by atoms with Gasteiger partial charge in [0.15, 0.2) is 0 Å². The number of benzene rings is 3. The van der Waals surface area contributed by atoms with Crippen LogP contribution in [0.15, 0.2) is 89.8 Å². The Balaban J connectivity index is 0.000000616. The smallest absolute Gasteiger partial charge is 0.475 e. The van der Waals surface area contributed by atoms with Gasteiger partial charge in [-0.25, -0.2) is 17.9 Å². The summed E-state index contributed by atoms with van der Waals surface area (Å²) >= 11 is 0. The molecule has 0 unspecified atom stereocenters. The molecule has 9 nitrogen and oxygen atoms in total. The summed E-state index contributed by atoms with van der Waals surface area (Å²) < 4.78 is 60.2. The number of alkyl halides is 3. The second-order valence-electron chi connectivity index (χ2n) is 9.44. The van der Waals surface area contributed by atoms with Gasteiger partial charge in [0.2, 0.25) is 15.9 Å². The summed E-state index contributed by atoms with van der Waals surface area (Å²) in [5, 5.41) is 22.6. The molecule has 0 aliphatic carbocycles. The first-order chi connectivity index (χ1) is 19.9. The van der Waals surface area contributed by atoms with Crippen LogP contribution in [0.5, 0.6) is 0 Å². The molecule has 4 N–H and O–H groups in total. The number of carbonyl (C=O) groups excluding carboxylic acids is 1. The number of nitriles is 1. The highest BCUT2D eigenvalue weighted by molar-refractivity contribution is 7.89. The molecule has 1 aliphatic rings. The van der Waals surface area contributed by atoms with Gasteiger partial charge in [0.05, 0.1) is 16.4 Å². The maximum atomic E-state index is 13.1. The number of rotatable bonds is 8. The number of amides is 1. The van der Waals surface area contributed by atoms with Gasteiger partial charge in [-0.2, -0.15) is 18.4 Å². The molecule has 1 aliphatic heterocycles. The Kier molecular flexibility index (Phi) is 11.2. The minimum absolute atomic E-state index is 0.00897. The third-order valence-electron chi connectivity index (χ3n) is 6.47. The number of carboxylic acid groups (broad SMARTS) is 1. The van der Waals surface area contributed by atoms with E-state index in [0.29, 0.717) is 26.1 Å². The number of aliphatic carboxylic acids is 1. The molecule has 1 heterocycles. The average molecular weight is 603 g/mol. The summed E-state index contributed by atoms with van der Waals surface area (Å²) in [4.78, 5) is 21.9. The van der Waals surface area contributed by atoms with Gasteiger partial charge in [-0.1, -0.05) is 72.8 Å². The fourth-order valence-corrected chi connectivity index (χ4v) is 5.86. The van der Waals surface area contributed by atoms with Crippen LogP contribution >= 0.6 is 0 Å². The predicted octanol–water partition coefficient (Wildman–Crippen LogP) is 3.40. The van der Waals surface area contributed by atoms with Crippen molar-refractivity contribution >= 4 is 21.9 Å². The molecule has 13 heteroatoms. The Morgan fingerprint density at radius 2 is 1.48 bits per heavy atom. The number of hydrogen-bond acceptors (Lipinski definition) is 6. The lowest BCUT2D eigenvalue weighted by Gasteiger charge is -2.30. The van der Waals surface area contributed by atoms with Crippen LogP contribution in [0.2, 0.25) is 0 Å². The van der Waals surface area contributed by atoms with Crippen molar-refractivity contribution in [2.45, 2.75) is 29.5 Å². The van der Waals surface area contributed by atoms with Gasteiger partial charge in [0.25, 0.3) is 0 Å². The van der Waals surface area contributed by atoms with Crippen LogP contribution in [0.25, 0.3) is 0 Å². The lowest BCUT2D eigenvalue weighted by Crippen LogP contribution is -2.52. The summed E-state index contributed by atoms with van der Waals surface area (Å²) in [6.45, 7) is 1.32. The summed E-state index contributed by atoms with van der Waals surface area (Å²) in [6.07, 6.45) is -4.71. The van der Waals surface area contributed by atoms with Gasteiger partial charge < -0.3 is 15.7 Å². The van der Waals surface area contributed by atoms with E-state index in [2.05, 4.69) is 39.6 Å². The van der Waals surface area contributed by atoms with Crippen molar-refractivity contribution in [1.29, 1.82) is 5.26 Å². The van der Waals surface area contributed by atoms with Crippen molar-refractivity contribution < 1.29 is 36.3 Å². The van der Waals surface area contributed by atoms with E-state index in [1.165, 1.54) is 12.1 Å². The van der Waals surface area contributed by atoms with Gasteiger partial charge in [-0.3, -0.25) is 4.79 Å². The monoisotopic (exact) mass is 602 g/mol. The molecular weight excluding hydrogens is 573 g/mol. The summed E-state index contributed by atoms with van der Waals surface area (Å²) in [5.41, 5.74) is 2.32. The molecular formula is C29H29F3N4O5S. The van der Waals surface area contributed by atoms with Crippen molar-refractivity contribution in [2.24, 2.45) is 5.92 Å². The Labute approximate surface area is 241 Å². The first-order valence-corrected chi connectivity index (χ1v) is 14.3. The minimum atomic E-state index is -5.08. The Hall–Kier alpha value is -4.25. The van der Waals surface area contributed by atoms with E-state index in [4.69, 9.17) is 9.90 Å². The Bertz CT molecular complexity index is 1460. The maximum absolute atomic E-state index is 13.1. The molecule has 0 aromatic heterocycles. The number of nitrogens with zero attached hydrogens (tertiary/aromatic N) is 1. The first-order valence-electron chi connectivity index (χ1n) is 12.8. The van der Waals surface area contributed by atoms with E-state index in [-0.39, 0.29) is 28.2 Å². The van der Waals surface area contributed by atoms with Crippen molar-refractivity contribution in [1.82, 2.24) is 15.4 Å². The molecule has 3 aromatic rings. The van der Waals surface area contributed by atoms with Gasteiger partial charge in [-0.05, 0) is 29.7 Å². The lowest BCUT2D eigenvalue weighted by atomic mass is 9.90. The van der Waals surface area contributed by atoms with Crippen LogP contribution in [-0.2, 0) is 19.6 Å². The zero-order chi connectivity index (χ0) is 30.8. The topological polar surface area (TPSA) is 148 Å². The molecule has 0 spiro atoms. The van der Waals surface area contributed by atoms with Crippen LogP contribution in [0, 0.1) is 17.2 Å². The Morgan fingerprint density at radius 1 is 0.952 bits per heavy atom. The SMILES string of the molecule is N#Cc1ccccc1S(=O)(=O)N[C@H]1CNC[C@@H](C(=O)NCC(c2ccccc2)c2ccccc2)C1.O=C(O)C(F)(F)F. The van der Waals surface area contributed by atoms with E-state index >= 15 is 0 Å². The predicted molar refractivity (Wildman–Crippen MR) is 148 cm³/mol. The molecule has 42 heavy (non-hydrogen) atoms. The van der Waals surface area contributed by atoms with E-state index in [1.807, 2.05) is 42.5 Å². The second kappa shape index (κ2) is 14.6. The van der Waals surface area contributed by atoms with Gasteiger partial charge in [0.1, 0.15) is 6.07 Å². The number of piperidine rings is 1. The van der Waals surface area contributed by atoms with Gasteiger partial charge >= 0.3 is 12.1 Å². The molecule has 0 bridgehead atoms. The third-order valence-corrected chi connectivity index (χ3v) is 8.05. The highest BCUT2D eigenvalue weighted by Gasteiger charge is 2.38. The van der Waals surface area contributed by atoms with Crippen LogP contribution in [0.1, 0.15) is 29.0 Å². The van der Waals surface area contributed by atoms with E-state index in [9.17, 15) is 31.6 Å². The molecule has 1 saturated heterocycles. The van der Waals surface area contributed by atoms with E-state index in [1.54, 1.807) is 12.1 Å². The quantitative estimate of drug-likeness (QED) is 0.309. The summed E-state index contributed by atoms with van der Waals surface area (Å²) in [5.74, 6) is -3.24. The van der Waals surface area contributed by atoms with Crippen LogP contribution in [-0.4, -0.2) is 57.3 Å². The number of carbonyl (C=O) groups is 2. The number of carboxylic acids is 1. The van der Waals surface area contributed by atoms with E-state index in [0.717, 1.165) is 11.1 Å². The highest BCUT2D eigenvalue weighted by Crippen LogP contribution is 2.24. The molecule has 1 amide bonds. The summed E-state index contributed by atoms with van der Waals surface area (Å²) in [7, 11) is -3.89. The largest absolute Gasteiger partial charge is 0.490 e. The van der Waals surface area contributed by atoms with Crippen LogP contribution in [0.4, 0.5) is 13.2 Å². The molecule has 3 aromatic carbocycles. The standard InChI is InChI=1S/C27H28N4O3S.C2HF3O2/c28-16-22-13-7-8-14-26(22)35(33,34)31-24-15-23(17-29-18-24)27(32)30-19-25(20-9-3-1-4-10-20)21-11-5-2-6-12-21;3-2(4,5)1(6)7/h1-14,23-25,29,31H,15,17-19H2,(H,30,32);(H,6,7)/t23-,24+;/m0./s1. The van der Waals surface area contributed by atoms with E-state index < -0.39 is 28.2 Å². The molecule has 2 atom stereocenters. The normalized spacial score (nSPS) is 16.9. The number of sulfonamides is 1. The zero-order valence-electron chi connectivity index (χ0n) is 22.2. The minimum Gasteiger partial charge on any atom is -0.475 e. The third kappa shape index (κ3) is 9.13. The van der Waals surface area contributed by atoms with Crippen molar-refractivity contribution in [2.75, 3.05) is 19.6 Å². The van der Waals surface area contributed by atoms with Gasteiger partial charge in [-0.15, -0.1) is 0 Å². The average Bonchev–Trinajstić information content (AvgIpc) is 2.98. The lowest BCUT2D eigenvalue weighted by molar-refractivity contribution is -0.192. The van der Waals surface area contributed by atoms with Crippen molar-refractivity contribution in [3.8, 4) is 6.07 Å². The number of halogens is 3. The van der Waals surface area contributed by atoms with Gasteiger partial charge in [0, 0.05) is 31.6 Å². The fraction of sp³-hybridized carbons (Fsp3) is 0.276. The first kappa shape index (κ1) is 32.3. The molecule has 0 saturated carbocycles. The highest BCUT2D eigenvalue weighted by atomic mass is 32.2. The fourth-order valence-electron chi connectivity index (χ4n) is 4.45.